The van der Waals surface area contributed by atoms with Crippen molar-refractivity contribution in [2.24, 2.45) is 0 Å². The van der Waals surface area contributed by atoms with Crippen molar-refractivity contribution < 1.29 is 13.9 Å². The van der Waals surface area contributed by atoms with Crippen LogP contribution in [0.5, 0.6) is 0 Å². The van der Waals surface area contributed by atoms with E-state index in [1.807, 2.05) is 0 Å². The van der Waals surface area contributed by atoms with Crippen LogP contribution in [0.2, 0.25) is 5.02 Å². The molecule has 1 fully saturated rings. The van der Waals surface area contributed by atoms with Gasteiger partial charge in [0.1, 0.15) is 5.82 Å². The van der Waals surface area contributed by atoms with Crippen LogP contribution in [-0.2, 0) is 16.1 Å². The first kappa shape index (κ1) is 12.8. The van der Waals surface area contributed by atoms with Gasteiger partial charge >= 0.3 is 0 Å². The predicted octanol–water partition coefficient (Wildman–Crippen LogP) is 1.98. The van der Waals surface area contributed by atoms with Gasteiger partial charge in [0, 0.05) is 18.1 Å². The molecule has 1 atom stereocenters. The standard InChI is InChI=1S/C12H15ClFNO2/c13-12-2-1-10(14)5-9(12)7-16-8-11-6-15-3-4-17-11/h1-2,5,11,15H,3-4,6-8H2. The number of ether oxygens (including phenoxy) is 2. The molecule has 0 saturated carbocycles. The van der Waals surface area contributed by atoms with Crippen LogP contribution >= 0.6 is 11.6 Å². The highest BCUT2D eigenvalue weighted by Gasteiger charge is 2.13. The second-order valence-corrected chi connectivity index (χ2v) is 4.35. The first-order valence-electron chi connectivity index (χ1n) is 5.59. The van der Waals surface area contributed by atoms with E-state index >= 15 is 0 Å². The zero-order valence-corrected chi connectivity index (χ0v) is 10.2. The molecule has 1 N–H and O–H groups in total. The summed E-state index contributed by atoms with van der Waals surface area (Å²) in [6, 6.07) is 4.26. The molecule has 0 spiro atoms. The lowest BCUT2D eigenvalue weighted by molar-refractivity contribution is -0.0357. The third-order valence-electron chi connectivity index (χ3n) is 2.57. The van der Waals surface area contributed by atoms with E-state index in [2.05, 4.69) is 5.32 Å². The van der Waals surface area contributed by atoms with Gasteiger partial charge in [-0.25, -0.2) is 4.39 Å². The molecule has 3 nitrogen and oxygen atoms in total. The van der Waals surface area contributed by atoms with E-state index < -0.39 is 0 Å². The fourth-order valence-electron chi connectivity index (χ4n) is 1.68. The Balaban J connectivity index is 1.79. The topological polar surface area (TPSA) is 30.5 Å². The Hall–Kier alpha value is -0.680. The summed E-state index contributed by atoms with van der Waals surface area (Å²) in [6.07, 6.45) is 0.0658. The minimum Gasteiger partial charge on any atom is -0.374 e. The largest absolute Gasteiger partial charge is 0.374 e. The molecule has 1 aromatic carbocycles. The monoisotopic (exact) mass is 259 g/mol. The van der Waals surface area contributed by atoms with Crippen molar-refractivity contribution in [2.45, 2.75) is 12.7 Å². The van der Waals surface area contributed by atoms with Crippen molar-refractivity contribution in [2.75, 3.05) is 26.3 Å². The van der Waals surface area contributed by atoms with Crippen LogP contribution in [0.25, 0.3) is 0 Å². The van der Waals surface area contributed by atoms with Crippen molar-refractivity contribution >= 4 is 11.6 Å². The Morgan fingerprint density at radius 1 is 1.53 bits per heavy atom. The number of morpholine rings is 1. The maximum Gasteiger partial charge on any atom is 0.123 e. The Labute approximate surface area is 105 Å². The molecule has 0 bridgehead atoms. The van der Waals surface area contributed by atoms with E-state index in [9.17, 15) is 4.39 Å². The van der Waals surface area contributed by atoms with Crippen molar-refractivity contribution in [3.8, 4) is 0 Å². The number of halogens is 2. The van der Waals surface area contributed by atoms with Crippen LogP contribution in [0.1, 0.15) is 5.56 Å². The van der Waals surface area contributed by atoms with Gasteiger partial charge in [0.15, 0.2) is 0 Å². The molecule has 1 aromatic rings. The number of hydrogen-bond donors (Lipinski definition) is 1. The molecular weight excluding hydrogens is 245 g/mol. The van der Waals surface area contributed by atoms with Gasteiger partial charge in [-0.2, -0.15) is 0 Å². The summed E-state index contributed by atoms with van der Waals surface area (Å²) in [5.74, 6) is -0.302. The Bertz CT molecular complexity index is 370. The van der Waals surface area contributed by atoms with Crippen LogP contribution in [0.3, 0.4) is 0 Å². The average molecular weight is 260 g/mol. The van der Waals surface area contributed by atoms with Crippen molar-refractivity contribution in [3.05, 3.63) is 34.6 Å². The normalized spacial score (nSPS) is 20.5. The molecule has 1 saturated heterocycles. The molecule has 1 heterocycles. The summed E-state index contributed by atoms with van der Waals surface area (Å²) in [4.78, 5) is 0. The molecule has 0 aromatic heterocycles. The number of hydrogen-bond acceptors (Lipinski definition) is 3. The van der Waals surface area contributed by atoms with Crippen molar-refractivity contribution in [1.29, 1.82) is 0 Å². The quantitative estimate of drug-likeness (QED) is 0.897. The molecule has 0 amide bonds. The highest BCUT2D eigenvalue weighted by molar-refractivity contribution is 6.31. The first-order valence-corrected chi connectivity index (χ1v) is 5.97. The first-order chi connectivity index (χ1) is 8.25. The summed E-state index contributed by atoms with van der Waals surface area (Å²) in [7, 11) is 0. The zero-order valence-electron chi connectivity index (χ0n) is 9.42. The summed E-state index contributed by atoms with van der Waals surface area (Å²) >= 11 is 5.93. The molecule has 5 heteroatoms. The summed E-state index contributed by atoms with van der Waals surface area (Å²) in [5, 5.41) is 3.74. The third kappa shape index (κ3) is 3.92. The molecule has 0 aliphatic carbocycles. The van der Waals surface area contributed by atoms with Crippen LogP contribution in [0, 0.1) is 5.82 Å². The molecule has 17 heavy (non-hydrogen) atoms. The summed E-state index contributed by atoms with van der Waals surface area (Å²) in [5.41, 5.74) is 0.662. The van der Waals surface area contributed by atoms with Gasteiger partial charge in [-0.3, -0.25) is 0 Å². The molecule has 1 unspecified atom stereocenters. The average Bonchev–Trinajstić information content (AvgIpc) is 2.35. The maximum absolute atomic E-state index is 13.0. The van der Waals surface area contributed by atoms with Gasteiger partial charge in [-0.15, -0.1) is 0 Å². The van der Waals surface area contributed by atoms with Gasteiger partial charge < -0.3 is 14.8 Å². The zero-order chi connectivity index (χ0) is 12.1. The van der Waals surface area contributed by atoms with E-state index in [4.69, 9.17) is 21.1 Å². The van der Waals surface area contributed by atoms with Crippen LogP contribution in [0.15, 0.2) is 18.2 Å². The lowest BCUT2D eigenvalue weighted by Gasteiger charge is -2.23. The van der Waals surface area contributed by atoms with Crippen LogP contribution in [-0.4, -0.2) is 32.4 Å². The predicted molar refractivity (Wildman–Crippen MR) is 63.7 cm³/mol. The number of benzene rings is 1. The Kier molecular flexibility index (Phi) is 4.74. The highest BCUT2D eigenvalue weighted by Crippen LogP contribution is 2.18. The molecule has 0 radical (unpaired) electrons. The second kappa shape index (κ2) is 6.31. The second-order valence-electron chi connectivity index (χ2n) is 3.95. The summed E-state index contributed by atoms with van der Waals surface area (Å²) in [6.45, 7) is 3.16. The lowest BCUT2D eigenvalue weighted by atomic mass is 10.2. The maximum atomic E-state index is 13.0. The summed E-state index contributed by atoms with van der Waals surface area (Å²) < 4.78 is 23.9. The van der Waals surface area contributed by atoms with Gasteiger partial charge in [0.25, 0.3) is 0 Å². The van der Waals surface area contributed by atoms with Gasteiger partial charge in [0.2, 0.25) is 0 Å². The lowest BCUT2D eigenvalue weighted by Crippen LogP contribution is -2.40. The van der Waals surface area contributed by atoms with E-state index in [0.29, 0.717) is 30.4 Å². The van der Waals surface area contributed by atoms with Gasteiger partial charge in [-0.1, -0.05) is 11.6 Å². The minimum absolute atomic E-state index is 0.0658. The van der Waals surface area contributed by atoms with Crippen LogP contribution in [0.4, 0.5) is 4.39 Å². The van der Waals surface area contributed by atoms with Crippen molar-refractivity contribution in [3.63, 3.8) is 0 Å². The minimum atomic E-state index is -0.302. The van der Waals surface area contributed by atoms with E-state index in [-0.39, 0.29) is 11.9 Å². The highest BCUT2D eigenvalue weighted by atomic mass is 35.5. The Morgan fingerprint density at radius 3 is 3.18 bits per heavy atom. The molecule has 2 rings (SSSR count). The molecular formula is C12H15ClFNO2. The van der Waals surface area contributed by atoms with Gasteiger partial charge in [-0.05, 0) is 23.8 Å². The fraction of sp³-hybridized carbons (Fsp3) is 0.500. The SMILES string of the molecule is Fc1ccc(Cl)c(COCC2CNCCO2)c1. The van der Waals surface area contributed by atoms with E-state index in [1.165, 1.54) is 18.2 Å². The van der Waals surface area contributed by atoms with Crippen LogP contribution < -0.4 is 5.32 Å². The van der Waals surface area contributed by atoms with Gasteiger partial charge in [0.05, 0.1) is 25.9 Å². The smallest absolute Gasteiger partial charge is 0.123 e. The molecule has 1 aliphatic heterocycles. The van der Waals surface area contributed by atoms with Crippen molar-refractivity contribution in [1.82, 2.24) is 5.32 Å². The van der Waals surface area contributed by atoms with E-state index in [1.54, 1.807) is 0 Å². The number of rotatable bonds is 4. The van der Waals surface area contributed by atoms with E-state index in [0.717, 1.165) is 13.1 Å². The Morgan fingerprint density at radius 2 is 2.41 bits per heavy atom. The molecule has 94 valence electrons. The fourth-order valence-corrected chi connectivity index (χ4v) is 1.85. The number of nitrogens with one attached hydrogen (secondary N) is 1. The third-order valence-corrected chi connectivity index (χ3v) is 2.94. The molecule has 1 aliphatic rings.